The molecule has 122 valence electrons. The van der Waals surface area contributed by atoms with Crippen LogP contribution in [0.5, 0.6) is 0 Å². The Labute approximate surface area is 129 Å². The summed E-state index contributed by atoms with van der Waals surface area (Å²) in [5, 5.41) is 2.77. The number of hydrogen-bond donors (Lipinski definition) is 2. The zero-order valence-corrected chi connectivity index (χ0v) is 13.3. The molecule has 0 spiro atoms. The van der Waals surface area contributed by atoms with Crippen LogP contribution in [-0.2, 0) is 4.74 Å². The van der Waals surface area contributed by atoms with E-state index in [2.05, 4.69) is 5.32 Å². The minimum Gasteiger partial charge on any atom is -0.444 e. The van der Waals surface area contributed by atoms with E-state index in [4.69, 9.17) is 10.5 Å². The van der Waals surface area contributed by atoms with Gasteiger partial charge < -0.3 is 20.7 Å². The fourth-order valence-corrected chi connectivity index (χ4v) is 2.61. The predicted octanol–water partition coefficient (Wildman–Crippen LogP) is 0.606. The van der Waals surface area contributed by atoms with Gasteiger partial charge in [0.25, 0.3) is 10.9 Å². The van der Waals surface area contributed by atoms with Crippen LogP contribution in [0.1, 0.15) is 33.6 Å². The molecule has 0 aromatic heterocycles. The molecule has 1 saturated heterocycles. The highest BCUT2D eigenvalue weighted by molar-refractivity contribution is 5.72. The Kier molecular flexibility index (Phi) is 4.44. The van der Waals surface area contributed by atoms with E-state index in [-0.39, 0.29) is 5.69 Å². The van der Waals surface area contributed by atoms with Crippen molar-refractivity contribution < 1.29 is 9.53 Å². The number of nitrogens with zero attached hydrogens (tertiary/aromatic N) is 1. The van der Waals surface area contributed by atoms with E-state index in [1.807, 2.05) is 25.7 Å². The lowest BCUT2D eigenvalue weighted by Gasteiger charge is -2.34. The molecule has 0 bridgehead atoms. The molecular weight excluding hydrogens is 286 g/mol. The maximum Gasteiger partial charge on any atom is 0.407 e. The van der Waals surface area contributed by atoms with Crippen LogP contribution in [-0.4, -0.2) is 31.3 Å². The van der Waals surface area contributed by atoms with Crippen molar-refractivity contribution in [2.75, 3.05) is 30.3 Å². The zero-order valence-electron chi connectivity index (χ0n) is 13.3. The number of rotatable bonds is 3. The van der Waals surface area contributed by atoms with Crippen LogP contribution >= 0.6 is 0 Å². The van der Waals surface area contributed by atoms with Gasteiger partial charge in [0.1, 0.15) is 17.0 Å². The smallest absolute Gasteiger partial charge is 0.407 e. The maximum absolute atomic E-state index is 11.6. The number of nitrogens with two attached hydrogens (primary N) is 1. The van der Waals surface area contributed by atoms with Gasteiger partial charge in [0.15, 0.2) is 0 Å². The Morgan fingerprint density at radius 1 is 1.27 bits per heavy atom. The minimum absolute atomic E-state index is 0.0790. The Morgan fingerprint density at radius 3 is 2.36 bits per heavy atom. The molecule has 0 atom stereocenters. The number of hydrogen-bond acceptors (Lipinski definition) is 6. The molecular formula is C15H23N3O4. The van der Waals surface area contributed by atoms with Crippen LogP contribution in [0, 0.1) is 5.92 Å². The molecule has 1 aliphatic heterocycles. The second kappa shape index (κ2) is 5.98. The number of nitrogen functional groups attached to an aromatic ring is 1. The highest BCUT2D eigenvalue weighted by atomic mass is 16.6. The normalized spacial score (nSPS) is 16.8. The summed E-state index contributed by atoms with van der Waals surface area (Å²) in [7, 11) is 0. The molecule has 7 nitrogen and oxygen atoms in total. The Balaban J connectivity index is 1.78. The lowest BCUT2D eigenvalue weighted by Crippen LogP contribution is -2.46. The monoisotopic (exact) mass is 309 g/mol. The molecule has 0 unspecified atom stereocenters. The SMILES string of the molecule is CC(C)(C)OC(=O)NCC1CCN(c2c(N)c(=O)c2=O)CC1. The highest BCUT2D eigenvalue weighted by Gasteiger charge is 2.28. The van der Waals surface area contributed by atoms with Crippen LogP contribution in [0.4, 0.5) is 16.2 Å². The van der Waals surface area contributed by atoms with Crippen molar-refractivity contribution in [1.29, 1.82) is 0 Å². The number of anilines is 2. The number of alkyl carbamates (subject to hydrolysis) is 1. The number of nitrogens with one attached hydrogen (secondary N) is 1. The largest absolute Gasteiger partial charge is 0.444 e. The molecule has 1 aliphatic rings. The quantitative estimate of drug-likeness (QED) is 0.793. The molecule has 0 saturated carbocycles. The molecule has 0 aliphatic carbocycles. The van der Waals surface area contributed by atoms with Crippen molar-refractivity contribution >= 4 is 17.5 Å². The topological polar surface area (TPSA) is 102 Å². The molecule has 2 rings (SSSR count). The van der Waals surface area contributed by atoms with E-state index in [9.17, 15) is 14.4 Å². The standard InChI is InChI=1S/C15H23N3O4/c1-15(2,3)22-14(21)17-8-9-4-6-18(7-5-9)11-10(16)12(19)13(11)20/h9H,4-8,16H2,1-3H3,(H,17,21). The van der Waals surface area contributed by atoms with Gasteiger partial charge in [0.2, 0.25) is 0 Å². The number of piperidine rings is 1. The average molecular weight is 309 g/mol. The summed E-state index contributed by atoms with van der Waals surface area (Å²) in [6.07, 6.45) is 1.24. The van der Waals surface area contributed by atoms with Crippen molar-refractivity contribution in [1.82, 2.24) is 5.32 Å². The fourth-order valence-electron chi connectivity index (χ4n) is 2.61. The first-order chi connectivity index (χ1) is 10.2. The van der Waals surface area contributed by atoms with Gasteiger partial charge >= 0.3 is 6.09 Å². The van der Waals surface area contributed by atoms with E-state index in [0.717, 1.165) is 12.8 Å². The molecule has 0 radical (unpaired) electrons. The first kappa shape index (κ1) is 16.3. The van der Waals surface area contributed by atoms with Crippen LogP contribution in [0.25, 0.3) is 0 Å². The highest BCUT2D eigenvalue weighted by Crippen LogP contribution is 2.24. The van der Waals surface area contributed by atoms with Gasteiger partial charge in [0.05, 0.1) is 0 Å². The first-order valence-corrected chi connectivity index (χ1v) is 7.49. The van der Waals surface area contributed by atoms with Crippen molar-refractivity contribution in [3.63, 3.8) is 0 Å². The van der Waals surface area contributed by atoms with Gasteiger partial charge in [0, 0.05) is 19.6 Å². The molecule has 1 fully saturated rings. The minimum atomic E-state index is -0.580. The van der Waals surface area contributed by atoms with Crippen molar-refractivity contribution in [2.24, 2.45) is 5.92 Å². The third-order valence-electron chi connectivity index (χ3n) is 3.79. The van der Waals surface area contributed by atoms with Gasteiger partial charge in [-0.25, -0.2) is 4.79 Å². The third kappa shape index (κ3) is 3.58. The Hall–Kier alpha value is -2.05. The van der Waals surface area contributed by atoms with E-state index >= 15 is 0 Å². The Bertz CT molecular complexity index is 617. The fraction of sp³-hybridized carbons (Fsp3) is 0.667. The predicted molar refractivity (Wildman–Crippen MR) is 84.9 cm³/mol. The second-order valence-electron chi connectivity index (χ2n) is 6.73. The average Bonchev–Trinajstić information content (AvgIpc) is 2.44. The Morgan fingerprint density at radius 2 is 1.86 bits per heavy atom. The lowest BCUT2D eigenvalue weighted by molar-refractivity contribution is 0.0517. The van der Waals surface area contributed by atoms with E-state index in [1.165, 1.54) is 0 Å². The molecule has 1 aromatic carbocycles. The van der Waals surface area contributed by atoms with Crippen LogP contribution in [0.15, 0.2) is 9.59 Å². The molecule has 1 amide bonds. The summed E-state index contributed by atoms with van der Waals surface area (Å²) in [5.74, 6) is 0.330. The van der Waals surface area contributed by atoms with Gasteiger partial charge in [-0.05, 0) is 39.5 Å². The summed E-state index contributed by atoms with van der Waals surface area (Å²) in [4.78, 5) is 36.1. The van der Waals surface area contributed by atoms with E-state index < -0.39 is 22.6 Å². The summed E-state index contributed by atoms with van der Waals surface area (Å²) in [6.45, 7) is 7.33. The summed E-state index contributed by atoms with van der Waals surface area (Å²) in [5.41, 5.74) is 4.45. The third-order valence-corrected chi connectivity index (χ3v) is 3.79. The van der Waals surface area contributed by atoms with Crippen LogP contribution in [0.3, 0.4) is 0 Å². The lowest BCUT2D eigenvalue weighted by atomic mass is 9.95. The number of ether oxygens (including phenoxy) is 1. The van der Waals surface area contributed by atoms with Gasteiger partial charge in [-0.15, -0.1) is 0 Å². The van der Waals surface area contributed by atoms with Gasteiger partial charge in [-0.3, -0.25) is 9.59 Å². The molecule has 7 heteroatoms. The van der Waals surface area contributed by atoms with E-state index in [0.29, 0.717) is 31.2 Å². The second-order valence-corrected chi connectivity index (χ2v) is 6.73. The van der Waals surface area contributed by atoms with Crippen molar-refractivity contribution in [2.45, 2.75) is 39.2 Å². The summed E-state index contributed by atoms with van der Waals surface area (Å²) >= 11 is 0. The molecule has 1 heterocycles. The first-order valence-electron chi connectivity index (χ1n) is 7.49. The molecule has 1 aromatic rings. The number of carbonyl (C=O) groups is 1. The van der Waals surface area contributed by atoms with E-state index in [1.54, 1.807) is 0 Å². The zero-order chi connectivity index (χ0) is 16.5. The van der Waals surface area contributed by atoms with Crippen molar-refractivity contribution in [3.05, 3.63) is 20.4 Å². The van der Waals surface area contributed by atoms with Gasteiger partial charge in [-0.2, -0.15) is 0 Å². The summed E-state index contributed by atoms with van der Waals surface area (Å²) < 4.78 is 5.19. The maximum atomic E-state index is 11.6. The number of carbonyl (C=O) groups excluding carboxylic acids is 1. The van der Waals surface area contributed by atoms with Crippen molar-refractivity contribution in [3.8, 4) is 0 Å². The molecule has 3 N–H and O–H groups in total. The van der Waals surface area contributed by atoms with Gasteiger partial charge in [-0.1, -0.05) is 0 Å². The summed E-state index contributed by atoms with van der Waals surface area (Å²) in [6, 6.07) is 0. The molecule has 22 heavy (non-hydrogen) atoms. The number of amides is 1. The van der Waals surface area contributed by atoms with Crippen LogP contribution in [0.2, 0.25) is 0 Å². The van der Waals surface area contributed by atoms with Crippen LogP contribution < -0.4 is 26.8 Å².